The second-order valence-corrected chi connectivity index (χ2v) is 4.83. The fourth-order valence-corrected chi connectivity index (χ4v) is 2.73. The van der Waals surface area contributed by atoms with Gasteiger partial charge in [-0.3, -0.25) is 0 Å². The first-order chi connectivity index (χ1) is 6.81. The Balaban J connectivity index is 2.05. The van der Waals surface area contributed by atoms with Crippen molar-refractivity contribution in [3.8, 4) is 0 Å². The van der Waals surface area contributed by atoms with E-state index in [-0.39, 0.29) is 11.4 Å². The third-order valence-corrected chi connectivity index (χ3v) is 3.49. The number of thioether (sulfide) groups is 1. The summed E-state index contributed by atoms with van der Waals surface area (Å²) in [5.41, 5.74) is 1.03. The molecular weight excluding hydrogens is 198 g/mol. The molecule has 0 aliphatic carbocycles. The summed E-state index contributed by atoms with van der Waals surface area (Å²) in [6.07, 6.45) is 4.11. The van der Waals surface area contributed by atoms with E-state index in [2.05, 4.69) is 11.8 Å². The van der Waals surface area contributed by atoms with Crippen LogP contribution in [-0.4, -0.2) is 35.1 Å². The molecular formula is C10H15NO2S. The van der Waals surface area contributed by atoms with Crippen LogP contribution in [0.25, 0.3) is 0 Å². The van der Waals surface area contributed by atoms with Crippen molar-refractivity contribution >= 4 is 17.7 Å². The second-order valence-electron chi connectivity index (χ2n) is 3.49. The summed E-state index contributed by atoms with van der Waals surface area (Å²) in [7, 11) is 0. The lowest BCUT2D eigenvalue weighted by atomic mass is 10.4. The topological polar surface area (TPSA) is 29.5 Å². The third kappa shape index (κ3) is 1.90. The highest BCUT2D eigenvalue weighted by molar-refractivity contribution is 7.99. The first-order valence-corrected chi connectivity index (χ1v) is 6.15. The largest absolute Gasteiger partial charge is 0.441 e. The predicted octanol–water partition coefficient (Wildman–Crippen LogP) is 1.60. The van der Waals surface area contributed by atoms with Gasteiger partial charge in [-0.25, -0.2) is 4.79 Å². The number of rotatable bonds is 3. The number of cyclic esters (lactones) is 1. The number of carbonyl (C=O) groups excluding carboxylic acids is 1. The lowest BCUT2D eigenvalue weighted by Gasteiger charge is -2.22. The van der Waals surface area contributed by atoms with Crippen molar-refractivity contribution in [2.24, 2.45) is 0 Å². The predicted molar refractivity (Wildman–Crippen MR) is 56.9 cm³/mol. The number of hydrogen-bond donors (Lipinski definition) is 0. The normalized spacial score (nSPS) is 26.6. The SMILES string of the molecule is CCSC1OC(=O)C=C1N1CCCC1. The van der Waals surface area contributed by atoms with Crippen LogP contribution in [0.15, 0.2) is 11.8 Å². The van der Waals surface area contributed by atoms with Crippen LogP contribution in [0, 0.1) is 0 Å². The zero-order chi connectivity index (χ0) is 9.97. The highest BCUT2D eigenvalue weighted by Gasteiger charge is 2.31. The number of esters is 1. The zero-order valence-corrected chi connectivity index (χ0v) is 9.18. The van der Waals surface area contributed by atoms with Crippen LogP contribution in [0.2, 0.25) is 0 Å². The second kappa shape index (κ2) is 4.26. The molecule has 0 radical (unpaired) electrons. The number of hydrogen-bond acceptors (Lipinski definition) is 4. The van der Waals surface area contributed by atoms with E-state index in [4.69, 9.17) is 4.74 Å². The summed E-state index contributed by atoms with van der Waals surface area (Å²) < 4.78 is 5.22. The molecule has 1 saturated heterocycles. The number of ether oxygens (including phenoxy) is 1. The molecule has 2 rings (SSSR count). The first-order valence-electron chi connectivity index (χ1n) is 5.10. The van der Waals surface area contributed by atoms with E-state index in [0.717, 1.165) is 24.5 Å². The van der Waals surface area contributed by atoms with Gasteiger partial charge in [-0.05, 0) is 18.6 Å². The van der Waals surface area contributed by atoms with Crippen molar-refractivity contribution in [1.29, 1.82) is 0 Å². The number of nitrogens with zero attached hydrogens (tertiary/aromatic N) is 1. The van der Waals surface area contributed by atoms with E-state index < -0.39 is 0 Å². The maximum absolute atomic E-state index is 11.2. The van der Waals surface area contributed by atoms with Crippen molar-refractivity contribution in [3.63, 3.8) is 0 Å². The van der Waals surface area contributed by atoms with Crippen molar-refractivity contribution < 1.29 is 9.53 Å². The molecule has 0 bridgehead atoms. The molecule has 3 nitrogen and oxygen atoms in total. The molecule has 2 aliphatic heterocycles. The summed E-state index contributed by atoms with van der Waals surface area (Å²) in [4.78, 5) is 13.4. The highest BCUT2D eigenvalue weighted by Crippen LogP contribution is 2.30. The van der Waals surface area contributed by atoms with Crippen LogP contribution in [0.5, 0.6) is 0 Å². The monoisotopic (exact) mass is 213 g/mol. The molecule has 0 amide bonds. The Bertz CT molecular complexity index is 259. The molecule has 0 spiro atoms. The Kier molecular flexibility index (Phi) is 3.01. The van der Waals surface area contributed by atoms with E-state index in [0.29, 0.717) is 0 Å². The summed E-state index contributed by atoms with van der Waals surface area (Å²) in [5.74, 6) is 0.793. The minimum Gasteiger partial charge on any atom is -0.441 e. The molecule has 0 aromatic carbocycles. The minimum absolute atomic E-state index is 0.0504. The van der Waals surface area contributed by atoms with Crippen molar-refractivity contribution in [3.05, 3.63) is 11.8 Å². The van der Waals surface area contributed by atoms with Crippen molar-refractivity contribution in [1.82, 2.24) is 4.90 Å². The van der Waals surface area contributed by atoms with Gasteiger partial charge in [-0.2, -0.15) is 0 Å². The average molecular weight is 213 g/mol. The molecule has 0 N–H and O–H groups in total. The standard InChI is InChI=1S/C10H15NO2S/c1-2-14-10-8(7-9(12)13-10)11-5-3-4-6-11/h7,10H,2-6H2,1H3. The third-order valence-electron chi connectivity index (χ3n) is 2.52. The number of likely N-dealkylation sites (tertiary alicyclic amines) is 1. The van der Waals surface area contributed by atoms with Crippen LogP contribution in [0.1, 0.15) is 19.8 Å². The summed E-state index contributed by atoms with van der Waals surface area (Å²) in [5, 5.41) is 0. The molecule has 1 atom stereocenters. The Hall–Kier alpha value is -0.640. The van der Waals surface area contributed by atoms with E-state index >= 15 is 0 Å². The van der Waals surface area contributed by atoms with Gasteiger partial charge in [0.2, 0.25) is 0 Å². The van der Waals surface area contributed by atoms with Gasteiger partial charge in [0.15, 0.2) is 5.44 Å². The maximum Gasteiger partial charge on any atom is 0.334 e. The summed E-state index contributed by atoms with van der Waals surface area (Å²) >= 11 is 1.68. The van der Waals surface area contributed by atoms with Crippen LogP contribution < -0.4 is 0 Å². The molecule has 2 aliphatic rings. The van der Waals surface area contributed by atoms with Crippen LogP contribution in [-0.2, 0) is 9.53 Å². The molecule has 14 heavy (non-hydrogen) atoms. The molecule has 1 fully saturated rings. The zero-order valence-electron chi connectivity index (χ0n) is 8.36. The van der Waals surface area contributed by atoms with E-state index in [1.54, 1.807) is 17.8 Å². The van der Waals surface area contributed by atoms with Crippen molar-refractivity contribution in [2.45, 2.75) is 25.2 Å². The molecule has 78 valence electrons. The molecule has 1 unspecified atom stereocenters. The maximum atomic E-state index is 11.2. The van der Waals surface area contributed by atoms with Gasteiger partial charge in [-0.15, -0.1) is 11.8 Å². The van der Waals surface area contributed by atoms with Crippen molar-refractivity contribution in [2.75, 3.05) is 18.8 Å². The molecule has 0 saturated carbocycles. The van der Waals surface area contributed by atoms with E-state index in [1.165, 1.54) is 12.8 Å². The smallest absolute Gasteiger partial charge is 0.334 e. The van der Waals surface area contributed by atoms with Crippen LogP contribution >= 0.6 is 11.8 Å². The lowest BCUT2D eigenvalue weighted by molar-refractivity contribution is -0.136. The minimum atomic E-state index is -0.183. The molecule has 0 aromatic heterocycles. The van der Waals surface area contributed by atoms with Gasteiger partial charge >= 0.3 is 5.97 Å². The quantitative estimate of drug-likeness (QED) is 0.666. The van der Waals surface area contributed by atoms with Crippen LogP contribution in [0.3, 0.4) is 0 Å². The van der Waals surface area contributed by atoms with E-state index in [9.17, 15) is 4.79 Å². The van der Waals surface area contributed by atoms with E-state index in [1.807, 2.05) is 0 Å². The lowest BCUT2D eigenvalue weighted by Crippen LogP contribution is -2.24. The molecule has 4 heteroatoms. The van der Waals surface area contributed by atoms with Gasteiger partial charge in [0.25, 0.3) is 0 Å². The first kappa shape index (κ1) is 9.90. The Morgan fingerprint density at radius 1 is 1.57 bits per heavy atom. The van der Waals surface area contributed by atoms with Gasteiger partial charge in [0.05, 0.1) is 5.70 Å². The van der Waals surface area contributed by atoms with Gasteiger partial charge in [0.1, 0.15) is 0 Å². The van der Waals surface area contributed by atoms with Gasteiger partial charge in [0, 0.05) is 19.2 Å². The number of carbonyl (C=O) groups is 1. The fourth-order valence-electron chi connectivity index (χ4n) is 1.88. The Morgan fingerprint density at radius 3 is 2.93 bits per heavy atom. The fraction of sp³-hybridized carbons (Fsp3) is 0.700. The summed E-state index contributed by atoms with van der Waals surface area (Å²) in [6.45, 7) is 4.23. The Labute approximate surface area is 88.5 Å². The van der Waals surface area contributed by atoms with Gasteiger partial charge in [-0.1, -0.05) is 6.92 Å². The van der Waals surface area contributed by atoms with Gasteiger partial charge < -0.3 is 9.64 Å². The summed E-state index contributed by atoms with van der Waals surface area (Å²) in [6, 6.07) is 0. The van der Waals surface area contributed by atoms with Crippen LogP contribution in [0.4, 0.5) is 0 Å². The average Bonchev–Trinajstić information content (AvgIpc) is 2.74. The Morgan fingerprint density at radius 2 is 2.29 bits per heavy atom. The highest BCUT2D eigenvalue weighted by atomic mass is 32.2. The molecule has 0 aromatic rings. The molecule has 2 heterocycles.